The van der Waals surface area contributed by atoms with Gasteiger partial charge in [-0.2, -0.15) is 0 Å². The van der Waals surface area contributed by atoms with E-state index in [-0.39, 0.29) is 6.92 Å². The minimum absolute atomic E-state index is 0.186. The Kier molecular flexibility index (Phi) is 4.81. The molecule has 2 nitrogen and oxygen atoms in total. The van der Waals surface area contributed by atoms with Crippen LogP contribution in [0.2, 0.25) is 0 Å². The lowest BCUT2D eigenvalue weighted by atomic mass is 9.53. The molecule has 0 aliphatic heterocycles. The molecule has 0 atom stereocenters. The quantitative estimate of drug-likeness (QED) is 0.416. The Bertz CT molecular complexity index is 1180. The third-order valence-electron chi connectivity index (χ3n) is 5.34. The molecule has 3 heteroatoms. The molecule has 0 radical (unpaired) electrons. The predicted molar refractivity (Wildman–Crippen MR) is 122 cm³/mol. The molecule has 0 unspecified atom stereocenters. The summed E-state index contributed by atoms with van der Waals surface area (Å²) in [5.74, 6) is 0. The molecule has 1 heterocycles. The Morgan fingerprint density at radius 3 is 1.72 bits per heavy atom. The lowest BCUT2D eigenvalue weighted by Crippen LogP contribution is -2.45. The zero-order valence-electron chi connectivity index (χ0n) is 16.0. The molecule has 5 rings (SSSR count). The third kappa shape index (κ3) is 3.53. The topological polar surface area (TPSA) is 22.1 Å². The summed E-state index contributed by atoms with van der Waals surface area (Å²) < 4.78 is 6.55. The molecule has 138 valence electrons. The Morgan fingerprint density at radius 1 is 0.586 bits per heavy atom. The van der Waals surface area contributed by atoms with Gasteiger partial charge in [0.05, 0.1) is 12.3 Å². The van der Waals surface area contributed by atoms with E-state index in [0.29, 0.717) is 6.61 Å². The summed E-state index contributed by atoms with van der Waals surface area (Å²) in [6.45, 7) is 0.270. The number of hydrogen-bond donors (Lipinski definition) is 0. The van der Waals surface area contributed by atoms with Crippen LogP contribution in [0.3, 0.4) is 0 Å². The number of aromatic nitrogens is 1. The van der Waals surface area contributed by atoms with Crippen LogP contribution in [0.15, 0.2) is 109 Å². The highest BCUT2D eigenvalue weighted by Gasteiger charge is 2.25. The summed E-state index contributed by atoms with van der Waals surface area (Å²) in [5, 5.41) is 4.87. The van der Waals surface area contributed by atoms with Crippen LogP contribution in [0.4, 0.5) is 0 Å². The van der Waals surface area contributed by atoms with Gasteiger partial charge in [-0.25, -0.2) is 0 Å². The fourth-order valence-electron chi connectivity index (χ4n) is 3.96. The van der Waals surface area contributed by atoms with Gasteiger partial charge in [0.15, 0.2) is 0 Å². The minimum atomic E-state index is -0.186. The van der Waals surface area contributed by atoms with Gasteiger partial charge in [-0.1, -0.05) is 91.0 Å². The lowest BCUT2D eigenvalue weighted by Gasteiger charge is -2.19. The monoisotopic (exact) mass is 373 g/mol. The van der Waals surface area contributed by atoms with Crippen LogP contribution in [-0.2, 0) is 11.3 Å². The summed E-state index contributed by atoms with van der Waals surface area (Å²) in [6, 6.07) is 35.8. The van der Waals surface area contributed by atoms with Gasteiger partial charge >= 0.3 is 6.92 Å². The van der Waals surface area contributed by atoms with E-state index in [0.717, 1.165) is 5.69 Å². The van der Waals surface area contributed by atoms with E-state index in [1.54, 1.807) is 0 Å². The van der Waals surface area contributed by atoms with Crippen LogP contribution in [-0.4, -0.2) is 11.9 Å². The molecular weight excluding hydrogens is 353 g/mol. The van der Waals surface area contributed by atoms with Gasteiger partial charge < -0.3 is 4.65 Å². The first-order valence-corrected chi connectivity index (χ1v) is 9.87. The smallest absolute Gasteiger partial charge is 0.363 e. The minimum Gasteiger partial charge on any atom is -0.421 e. The fraction of sp³-hybridized carbons (Fsp3) is 0.0385. The maximum Gasteiger partial charge on any atom is 0.363 e. The standard InChI is InChI=1S/C26H20BNO/c1-3-14-23-20(9-1)11-7-16-25(23)27(29-19-22-13-5-6-18-28-22)26-17-8-12-21-10-2-4-15-24(21)26/h1-18H,19H2. The highest BCUT2D eigenvalue weighted by Crippen LogP contribution is 2.16. The van der Waals surface area contributed by atoms with Crippen molar-refractivity contribution in [2.45, 2.75) is 6.61 Å². The third-order valence-corrected chi connectivity index (χ3v) is 5.34. The van der Waals surface area contributed by atoms with E-state index >= 15 is 0 Å². The molecule has 0 bridgehead atoms. The van der Waals surface area contributed by atoms with Crippen molar-refractivity contribution in [2.75, 3.05) is 0 Å². The first kappa shape index (κ1) is 17.7. The van der Waals surface area contributed by atoms with E-state index in [2.05, 4.69) is 89.9 Å². The van der Waals surface area contributed by atoms with Gasteiger partial charge in [0.1, 0.15) is 0 Å². The van der Waals surface area contributed by atoms with Crippen molar-refractivity contribution in [3.63, 3.8) is 0 Å². The molecule has 5 aromatic rings. The number of fused-ring (bicyclic) bond motifs is 2. The highest BCUT2D eigenvalue weighted by atomic mass is 16.4. The summed E-state index contributed by atoms with van der Waals surface area (Å²) in [6.07, 6.45) is 1.81. The average molecular weight is 373 g/mol. The molecule has 29 heavy (non-hydrogen) atoms. The zero-order valence-corrected chi connectivity index (χ0v) is 16.0. The lowest BCUT2D eigenvalue weighted by molar-refractivity contribution is 0.316. The van der Waals surface area contributed by atoms with Gasteiger partial charge in [0, 0.05) is 6.20 Å². The number of rotatable bonds is 5. The normalized spacial score (nSPS) is 11.0. The van der Waals surface area contributed by atoms with E-state index in [1.807, 2.05) is 24.4 Å². The zero-order chi connectivity index (χ0) is 19.5. The van der Waals surface area contributed by atoms with E-state index in [1.165, 1.54) is 32.5 Å². The maximum atomic E-state index is 6.55. The number of nitrogens with zero attached hydrogens (tertiary/aromatic N) is 1. The summed E-state index contributed by atoms with van der Waals surface area (Å²) in [5.41, 5.74) is 3.28. The van der Waals surface area contributed by atoms with Gasteiger partial charge in [-0.05, 0) is 44.6 Å². The highest BCUT2D eigenvalue weighted by molar-refractivity contribution is 6.83. The predicted octanol–water partition coefficient (Wildman–Crippen LogP) is 4.71. The molecule has 0 N–H and O–H groups in total. The molecule has 0 amide bonds. The second-order valence-electron chi connectivity index (χ2n) is 7.15. The molecule has 1 aromatic heterocycles. The Hall–Kier alpha value is -3.43. The van der Waals surface area contributed by atoms with E-state index < -0.39 is 0 Å². The molecular formula is C26H20BNO. The maximum absolute atomic E-state index is 6.55. The number of hydrogen-bond acceptors (Lipinski definition) is 2. The molecule has 0 fully saturated rings. The molecule has 0 saturated heterocycles. The van der Waals surface area contributed by atoms with Gasteiger partial charge in [-0.15, -0.1) is 0 Å². The van der Waals surface area contributed by atoms with E-state index in [4.69, 9.17) is 4.65 Å². The molecule has 0 saturated carbocycles. The van der Waals surface area contributed by atoms with Gasteiger partial charge in [0.2, 0.25) is 0 Å². The summed E-state index contributed by atoms with van der Waals surface area (Å²) >= 11 is 0. The van der Waals surface area contributed by atoms with E-state index in [9.17, 15) is 0 Å². The molecule has 0 aliphatic carbocycles. The van der Waals surface area contributed by atoms with Gasteiger partial charge in [-0.3, -0.25) is 4.98 Å². The Morgan fingerprint density at radius 2 is 1.14 bits per heavy atom. The van der Waals surface area contributed by atoms with Crippen molar-refractivity contribution < 1.29 is 4.65 Å². The second kappa shape index (κ2) is 7.90. The first-order valence-electron chi connectivity index (χ1n) is 9.87. The number of pyridine rings is 1. The van der Waals surface area contributed by atoms with Crippen molar-refractivity contribution in [3.8, 4) is 0 Å². The average Bonchev–Trinajstić information content (AvgIpc) is 2.80. The van der Waals surface area contributed by atoms with Crippen LogP contribution >= 0.6 is 0 Å². The van der Waals surface area contributed by atoms with Crippen molar-refractivity contribution in [1.82, 2.24) is 4.98 Å². The Labute approximate surface area is 170 Å². The van der Waals surface area contributed by atoms with Crippen molar-refractivity contribution in [3.05, 3.63) is 115 Å². The van der Waals surface area contributed by atoms with Crippen LogP contribution in [0.1, 0.15) is 5.69 Å². The van der Waals surface area contributed by atoms with Crippen LogP contribution < -0.4 is 10.9 Å². The molecule has 0 spiro atoms. The summed E-state index contributed by atoms with van der Waals surface area (Å²) in [4.78, 5) is 4.44. The second-order valence-corrected chi connectivity index (χ2v) is 7.15. The Balaban J connectivity index is 1.66. The number of benzene rings is 4. The fourth-order valence-corrected chi connectivity index (χ4v) is 3.96. The SMILES string of the molecule is c1ccc(COB(c2cccc3ccccc23)c2cccc3ccccc23)nc1. The van der Waals surface area contributed by atoms with Gasteiger partial charge in [0.25, 0.3) is 0 Å². The van der Waals surface area contributed by atoms with Crippen LogP contribution in [0, 0.1) is 0 Å². The summed E-state index contributed by atoms with van der Waals surface area (Å²) in [7, 11) is 0. The molecule has 0 aliphatic rings. The largest absolute Gasteiger partial charge is 0.421 e. The van der Waals surface area contributed by atoms with Crippen molar-refractivity contribution in [2.24, 2.45) is 0 Å². The van der Waals surface area contributed by atoms with Crippen molar-refractivity contribution in [1.29, 1.82) is 0 Å². The van der Waals surface area contributed by atoms with Crippen LogP contribution in [0.5, 0.6) is 0 Å². The molecule has 4 aromatic carbocycles. The van der Waals surface area contributed by atoms with Crippen molar-refractivity contribution >= 4 is 39.4 Å². The van der Waals surface area contributed by atoms with Crippen LogP contribution in [0.25, 0.3) is 21.5 Å². The first-order chi connectivity index (χ1) is 14.4.